The second-order valence-electron chi connectivity index (χ2n) is 5.87. The third kappa shape index (κ3) is 4.80. The van der Waals surface area contributed by atoms with Gasteiger partial charge < -0.3 is 14.4 Å². The summed E-state index contributed by atoms with van der Waals surface area (Å²) in [6.45, 7) is 10.7. The monoisotopic (exact) mass is 278 g/mol. The van der Waals surface area contributed by atoms with Crippen LogP contribution in [0.1, 0.15) is 32.8 Å². The summed E-state index contributed by atoms with van der Waals surface area (Å²) in [7, 11) is 0. The van der Waals surface area contributed by atoms with Gasteiger partial charge in [-0.3, -0.25) is 0 Å². The summed E-state index contributed by atoms with van der Waals surface area (Å²) >= 11 is 0. The van der Waals surface area contributed by atoms with E-state index in [-0.39, 0.29) is 0 Å². The highest BCUT2D eigenvalue weighted by Crippen LogP contribution is 2.13. The molecule has 0 radical (unpaired) electrons. The fourth-order valence-electron chi connectivity index (χ4n) is 2.96. The normalized spacial score (nSPS) is 26.4. The van der Waals surface area contributed by atoms with Crippen molar-refractivity contribution >= 4 is 0 Å². The lowest BCUT2D eigenvalue weighted by atomic mass is 10.2. The molecule has 1 unspecified atom stereocenters. The van der Waals surface area contributed by atoms with Crippen LogP contribution < -0.4 is 9.64 Å². The Kier molecular flexibility index (Phi) is 5.86. The Hall–Kier alpha value is -1.06. The molecule has 112 valence electrons. The predicted octanol–water partition coefficient (Wildman–Crippen LogP) is 1.71. The van der Waals surface area contributed by atoms with E-state index in [4.69, 9.17) is 9.47 Å². The summed E-state index contributed by atoms with van der Waals surface area (Å²) in [4.78, 5) is 1.64. The van der Waals surface area contributed by atoms with Gasteiger partial charge in [0.15, 0.2) is 0 Å². The van der Waals surface area contributed by atoms with Gasteiger partial charge in [0.05, 0.1) is 13.2 Å². The van der Waals surface area contributed by atoms with Crippen LogP contribution >= 0.6 is 0 Å². The van der Waals surface area contributed by atoms with E-state index >= 15 is 0 Å². The van der Waals surface area contributed by atoms with Gasteiger partial charge in [0.2, 0.25) is 0 Å². The van der Waals surface area contributed by atoms with Crippen LogP contribution in [0.3, 0.4) is 0 Å². The molecular weight excluding hydrogens is 250 g/mol. The van der Waals surface area contributed by atoms with Crippen LogP contribution in [0.5, 0.6) is 5.75 Å². The third-order valence-corrected chi connectivity index (χ3v) is 3.87. The Labute approximate surface area is 122 Å². The number of benzene rings is 1. The fourth-order valence-corrected chi connectivity index (χ4v) is 2.96. The Bertz CT molecular complexity index is 398. The first-order valence-corrected chi connectivity index (χ1v) is 7.88. The molecule has 1 aliphatic heterocycles. The van der Waals surface area contributed by atoms with Crippen LogP contribution in [0.25, 0.3) is 0 Å². The quantitative estimate of drug-likeness (QED) is 0.801. The Morgan fingerprint density at radius 1 is 1.25 bits per heavy atom. The number of quaternary nitrogens is 1. The Morgan fingerprint density at radius 2 is 2.00 bits per heavy atom. The van der Waals surface area contributed by atoms with Crippen molar-refractivity contribution in [1.82, 2.24) is 0 Å². The van der Waals surface area contributed by atoms with E-state index in [1.807, 2.05) is 6.07 Å². The van der Waals surface area contributed by atoms with E-state index in [2.05, 4.69) is 39.0 Å². The highest BCUT2D eigenvalue weighted by molar-refractivity contribution is 5.28. The van der Waals surface area contributed by atoms with E-state index in [9.17, 15) is 0 Å². The van der Waals surface area contributed by atoms with Gasteiger partial charge in [-0.05, 0) is 38.0 Å². The summed E-state index contributed by atoms with van der Waals surface area (Å²) in [5, 5.41) is 0. The second-order valence-corrected chi connectivity index (χ2v) is 5.87. The summed E-state index contributed by atoms with van der Waals surface area (Å²) in [6, 6.07) is 8.41. The van der Waals surface area contributed by atoms with Gasteiger partial charge in [0.25, 0.3) is 0 Å². The molecule has 1 aliphatic rings. The standard InChI is InChI=1S/C17H27NO2/c1-4-16-7-5-8-17(11-16)19-10-6-9-18-12-14(2)20-15(3)13-18/h5,7-8,11,14-15H,4,6,9-10,12-13H2,1-3H3/p+1/t14-,15+. The molecule has 1 aromatic rings. The number of nitrogens with one attached hydrogen (secondary N) is 1. The molecule has 2 rings (SSSR count). The molecular formula is C17H28NO2+. The van der Waals surface area contributed by atoms with Gasteiger partial charge in [-0.15, -0.1) is 0 Å². The van der Waals surface area contributed by atoms with Crippen molar-refractivity contribution < 1.29 is 14.4 Å². The van der Waals surface area contributed by atoms with E-state index in [0.717, 1.165) is 38.3 Å². The van der Waals surface area contributed by atoms with Crippen molar-refractivity contribution in [3.63, 3.8) is 0 Å². The molecule has 3 atom stereocenters. The van der Waals surface area contributed by atoms with E-state index in [0.29, 0.717) is 12.2 Å². The van der Waals surface area contributed by atoms with Crippen LogP contribution in [0.15, 0.2) is 24.3 Å². The molecule has 0 amide bonds. The van der Waals surface area contributed by atoms with E-state index in [1.165, 1.54) is 12.1 Å². The highest BCUT2D eigenvalue weighted by atomic mass is 16.5. The lowest BCUT2D eigenvalue weighted by Gasteiger charge is -2.32. The zero-order valence-corrected chi connectivity index (χ0v) is 13.0. The third-order valence-electron chi connectivity index (χ3n) is 3.87. The van der Waals surface area contributed by atoms with Crippen molar-refractivity contribution in [2.24, 2.45) is 0 Å². The number of hydrogen-bond donors (Lipinski definition) is 1. The molecule has 1 aromatic carbocycles. The molecule has 1 saturated heterocycles. The zero-order valence-electron chi connectivity index (χ0n) is 13.0. The number of rotatable bonds is 6. The minimum absolute atomic E-state index is 0.385. The molecule has 0 aliphatic carbocycles. The molecule has 1 N–H and O–H groups in total. The topological polar surface area (TPSA) is 22.9 Å². The predicted molar refractivity (Wildman–Crippen MR) is 81.5 cm³/mol. The lowest BCUT2D eigenvalue weighted by Crippen LogP contribution is -3.15. The average molecular weight is 278 g/mol. The van der Waals surface area contributed by atoms with Crippen LogP contribution in [-0.2, 0) is 11.2 Å². The Balaban J connectivity index is 1.68. The number of ether oxygens (including phenoxy) is 2. The van der Waals surface area contributed by atoms with Gasteiger partial charge in [-0.2, -0.15) is 0 Å². The van der Waals surface area contributed by atoms with Crippen molar-refractivity contribution in [3.8, 4) is 5.75 Å². The van der Waals surface area contributed by atoms with Crippen LogP contribution in [0.2, 0.25) is 0 Å². The van der Waals surface area contributed by atoms with Crippen LogP contribution in [-0.4, -0.2) is 38.4 Å². The second kappa shape index (κ2) is 7.65. The number of aryl methyl sites for hydroxylation is 1. The van der Waals surface area contributed by atoms with Gasteiger partial charge in [-0.1, -0.05) is 19.1 Å². The van der Waals surface area contributed by atoms with Crippen molar-refractivity contribution in [2.75, 3.05) is 26.2 Å². The van der Waals surface area contributed by atoms with Gasteiger partial charge in [-0.25, -0.2) is 0 Å². The molecule has 3 heteroatoms. The van der Waals surface area contributed by atoms with Gasteiger partial charge in [0.1, 0.15) is 31.0 Å². The van der Waals surface area contributed by atoms with Crippen molar-refractivity contribution in [2.45, 2.75) is 45.8 Å². The highest BCUT2D eigenvalue weighted by Gasteiger charge is 2.24. The zero-order chi connectivity index (χ0) is 14.4. The molecule has 0 bridgehead atoms. The molecule has 1 heterocycles. The summed E-state index contributed by atoms with van der Waals surface area (Å²) < 4.78 is 11.6. The first kappa shape index (κ1) is 15.3. The molecule has 1 fully saturated rings. The molecule has 0 saturated carbocycles. The first-order chi connectivity index (χ1) is 9.67. The van der Waals surface area contributed by atoms with Gasteiger partial charge >= 0.3 is 0 Å². The minimum atomic E-state index is 0.385. The van der Waals surface area contributed by atoms with Gasteiger partial charge in [0, 0.05) is 6.42 Å². The van der Waals surface area contributed by atoms with Crippen molar-refractivity contribution in [3.05, 3.63) is 29.8 Å². The molecule has 0 aromatic heterocycles. The molecule has 3 nitrogen and oxygen atoms in total. The fraction of sp³-hybridized carbons (Fsp3) is 0.647. The summed E-state index contributed by atoms with van der Waals surface area (Å²) in [6.07, 6.45) is 2.93. The number of hydrogen-bond acceptors (Lipinski definition) is 2. The van der Waals surface area contributed by atoms with E-state index in [1.54, 1.807) is 4.90 Å². The summed E-state index contributed by atoms with van der Waals surface area (Å²) in [5.74, 6) is 1.00. The average Bonchev–Trinajstić information content (AvgIpc) is 2.43. The SMILES string of the molecule is CCc1cccc(OCCC[NH+]2C[C@@H](C)O[C@@H](C)C2)c1. The first-order valence-electron chi connectivity index (χ1n) is 7.88. The summed E-state index contributed by atoms with van der Waals surface area (Å²) in [5.41, 5.74) is 1.34. The van der Waals surface area contributed by atoms with Crippen molar-refractivity contribution in [1.29, 1.82) is 0 Å². The largest absolute Gasteiger partial charge is 0.493 e. The maximum atomic E-state index is 5.85. The molecule has 0 spiro atoms. The smallest absolute Gasteiger partial charge is 0.119 e. The minimum Gasteiger partial charge on any atom is -0.493 e. The lowest BCUT2D eigenvalue weighted by molar-refractivity contribution is -0.915. The maximum absolute atomic E-state index is 5.85. The number of morpholine rings is 1. The van der Waals surface area contributed by atoms with Crippen LogP contribution in [0, 0.1) is 0 Å². The maximum Gasteiger partial charge on any atom is 0.119 e. The van der Waals surface area contributed by atoms with E-state index < -0.39 is 0 Å². The van der Waals surface area contributed by atoms with Crippen LogP contribution in [0.4, 0.5) is 0 Å². The molecule has 20 heavy (non-hydrogen) atoms. The Morgan fingerprint density at radius 3 is 2.70 bits per heavy atom.